The fourth-order valence-electron chi connectivity index (χ4n) is 3.83. The Balaban J connectivity index is 1.53. The maximum Gasteiger partial charge on any atom is 0.0693 e. The molecule has 3 nitrogen and oxygen atoms in total. The molecule has 0 spiro atoms. The molecule has 1 aromatic carbocycles. The zero-order valence-corrected chi connectivity index (χ0v) is 13.0. The van der Waals surface area contributed by atoms with Crippen molar-refractivity contribution in [1.82, 2.24) is 10.2 Å². The molecule has 2 fully saturated rings. The third-order valence-electron chi connectivity index (χ3n) is 5.23. The number of aliphatic hydroxyl groups is 1. The van der Waals surface area contributed by atoms with Crippen molar-refractivity contribution >= 4 is 0 Å². The minimum absolute atomic E-state index is 0.139. The maximum absolute atomic E-state index is 10.1. The number of aliphatic hydroxyl groups excluding tert-OH is 1. The summed E-state index contributed by atoms with van der Waals surface area (Å²) < 4.78 is 0. The van der Waals surface area contributed by atoms with E-state index in [1.54, 1.807) is 0 Å². The molecule has 1 aromatic rings. The SMILES string of the molecule is C[C@H](c1ccccc1)N1CC[C@H](N[C@H]2CCCC[C@H]2O)C1. The second-order valence-corrected chi connectivity index (χ2v) is 6.69. The summed E-state index contributed by atoms with van der Waals surface area (Å²) in [6.07, 6.45) is 5.59. The van der Waals surface area contributed by atoms with Gasteiger partial charge in [-0.05, 0) is 31.7 Å². The fourth-order valence-corrected chi connectivity index (χ4v) is 3.83. The van der Waals surface area contributed by atoms with Crippen LogP contribution in [0.5, 0.6) is 0 Å². The number of rotatable bonds is 4. The van der Waals surface area contributed by atoms with Crippen molar-refractivity contribution in [2.45, 2.75) is 63.3 Å². The van der Waals surface area contributed by atoms with Gasteiger partial charge in [0.25, 0.3) is 0 Å². The predicted octanol–water partition coefficient (Wildman–Crippen LogP) is 2.72. The van der Waals surface area contributed by atoms with Crippen LogP contribution >= 0.6 is 0 Å². The minimum atomic E-state index is -0.139. The molecule has 1 heterocycles. The van der Waals surface area contributed by atoms with Gasteiger partial charge in [0.05, 0.1) is 6.10 Å². The molecule has 0 radical (unpaired) electrons. The summed E-state index contributed by atoms with van der Waals surface area (Å²) in [5, 5.41) is 13.8. The Labute approximate surface area is 128 Å². The van der Waals surface area contributed by atoms with Crippen LogP contribution in [0, 0.1) is 0 Å². The number of hydrogen-bond donors (Lipinski definition) is 2. The van der Waals surface area contributed by atoms with Gasteiger partial charge in [-0.3, -0.25) is 4.90 Å². The Bertz CT molecular complexity index is 436. The van der Waals surface area contributed by atoms with E-state index in [-0.39, 0.29) is 6.10 Å². The normalized spacial score (nSPS) is 32.2. The van der Waals surface area contributed by atoms with Crippen molar-refractivity contribution in [2.24, 2.45) is 0 Å². The van der Waals surface area contributed by atoms with Crippen LogP contribution in [0.25, 0.3) is 0 Å². The van der Waals surface area contributed by atoms with Crippen LogP contribution in [-0.2, 0) is 0 Å². The Kier molecular flexibility index (Phi) is 4.94. The van der Waals surface area contributed by atoms with Crippen LogP contribution in [0.15, 0.2) is 30.3 Å². The van der Waals surface area contributed by atoms with Gasteiger partial charge in [0.2, 0.25) is 0 Å². The van der Waals surface area contributed by atoms with Gasteiger partial charge in [0.1, 0.15) is 0 Å². The Morgan fingerprint density at radius 1 is 1.14 bits per heavy atom. The first-order valence-corrected chi connectivity index (χ1v) is 8.47. The molecule has 1 aliphatic carbocycles. The highest BCUT2D eigenvalue weighted by molar-refractivity contribution is 5.18. The first-order chi connectivity index (χ1) is 10.2. The summed E-state index contributed by atoms with van der Waals surface area (Å²) in [5.41, 5.74) is 1.40. The molecule has 3 heteroatoms. The van der Waals surface area contributed by atoms with Crippen molar-refractivity contribution in [3.63, 3.8) is 0 Å². The first-order valence-electron chi connectivity index (χ1n) is 8.47. The van der Waals surface area contributed by atoms with E-state index >= 15 is 0 Å². The molecular weight excluding hydrogens is 260 g/mol. The van der Waals surface area contributed by atoms with E-state index in [0.29, 0.717) is 18.1 Å². The standard InChI is InChI=1S/C18H28N2O/c1-14(15-7-3-2-4-8-15)20-12-11-16(13-20)19-17-9-5-6-10-18(17)21/h2-4,7-8,14,16-19,21H,5-6,9-13H2,1H3/t14-,16+,17+,18-/m1/s1. The Hall–Kier alpha value is -0.900. The highest BCUT2D eigenvalue weighted by Gasteiger charge is 2.31. The lowest BCUT2D eigenvalue weighted by molar-refractivity contribution is 0.0848. The van der Waals surface area contributed by atoms with Gasteiger partial charge < -0.3 is 10.4 Å². The van der Waals surface area contributed by atoms with E-state index in [9.17, 15) is 5.11 Å². The van der Waals surface area contributed by atoms with Crippen molar-refractivity contribution in [3.8, 4) is 0 Å². The van der Waals surface area contributed by atoms with Gasteiger partial charge >= 0.3 is 0 Å². The molecule has 1 saturated heterocycles. The summed E-state index contributed by atoms with van der Waals surface area (Å²) in [4.78, 5) is 2.56. The van der Waals surface area contributed by atoms with E-state index in [4.69, 9.17) is 0 Å². The Morgan fingerprint density at radius 2 is 1.90 bits per heavy atom. The van der Waals surface area contributed by atoms with Crippen molar-refractivity contribution in [2.75, 3.05) is 13.1 Å². The largest absolute Gasteiger partial charge is 0.392 e. The average molecular weight is 288 g/mol. The van der Waals surface area contributed by atoms with Crippen molar-refractivity contribution in [1.29, 1.82) is 0 Å². The van der Waals surface area contributed by atoms with Crippen molar-refractivity contribution < 1.29 is 5.11 Å². The molecule has 3 rings (SSSR count). The molecule has 1 aliphatic heterocycles. The Morgan fingerprint density at radius 3 is 2.67 bits per heavy atom. The molecule has 0 bridgehead atoms. The maximum atomic E-state index is 10.1. The lowest BCUT2D eigenvalue weighted by Gasteiger charge is -2.31. The van der Waals surface area contributed by atoms with Crippen LogP contribution in [0.1, 0.15) is 50.6 Å². The molecule has 0 unspecified atom stereocenters. The van der Waals surface area contributed by atoms with E-state index in [1.165, 1.54) is 24.8 Å². The van der Waals surface area contributed by atoms with Crippen LogP contribution < -0.4 is 5.32 Å². The second kappa shape index (κ2) is 6.91. The van der Waals surface area contributed by atoms with E-state index in [2.05, 4.69) is 47.5 Å². The van der Waals surface area contributed by atoms with Crippen LogP contribution in [-0.4, -0.2) is 41.3 Å². The molecule has 0 amide bonds. The number of nitrogens with zero attached hydrogens (tertiary/aromatic N) is 1. The lowest BCUT2D eigenvalue weighted by Crippen LogP contribution is -2.48. The molecule has 21 heavy (non-hydrogen) atoms. The quantitative estimate of drug-likeness (QED) is 0.894. The third-order valence-corrected chi connectivity index (χ3v) is 5.23. The molecule has 116 valence electrons. The molecular formula is C18H28N2O. The van der Waals surface area contributed by atoms with Crippen LogP contribution in [0.4, 0.5) is 0 Å². The number of likely N-dealkylation sites (tertiary alicyclic amines) is 1. The van der Waals surface area contributed by atoms with Crippen LogP contribution in [0.2, 0.25) is 0 Å². The smallest absolute Gasteiger partial charge is 0.0693 e. The van der Waals surface area contributed by atoms with Gasteiger partial charge in [-0.15, -0.1) is 0 Å². The summed E-state index contributed by atoms with van der Waals surface area (Å²) in [5.74, 6) is 0. The van der Waals surface area contributed by atoms with E-state index < -0.39 is 0 Å². The second-order valence-electron chi connectivity index (χ2n) is 6.69. The highest BCUT2D eigenvalue weighted by Crippen LogP contribution is 2.26. The summed E-state index contributed by atoms with van der Waals surface area (Å²) in [6, 6.07) is 12.1. The summed E-state index contributed by atoms with van der Waals surface area (Å²) in [7, 11) is 0. The summed E-state index contributed by atoms with van der Waals surface area (Å²) in [6.45, 7) is 4.54. The predicted molar refractivity (Wildman–Crippen MR) is 86.2 cm³/mol. The van der Waals surface area contributed by atoms with Gasteiger partial charge in [-0.25, -0.2) is 0 Å². The minimum Gasteiger partial charge on any atom is -0.392 e. The van der Waals surface area contributed by atoms with Gasteiger partial charge in [-0.2, -0.15) is 0 Å². The molecule has 2 N–H and O–H groups in total. The highest BCUT2D eigenvalue weighted by atomic mass is 16.3. The number of benzene rings is 1. The fraction of sp³-hybridized carbons (Fsp3) is 0.667. The van der Waals surface area contributed by atoms with E-state index in [1.807, 2.05) is 0 Å². The number of hydrogen-bond acceptors (Lipinski definition) is 3. The molecule has 1 saturated carbocycles. The van der Waals surface area contributed by atoms with E-state index in [0.717, 1.165) is 25.9 Å². The zero-order chi connectivity index (χ0) is 14.7. The molecule has 2 aliphatic rings. The molecule has 0 aromatic heterocycles. The van der Waals surface area contributed by atoms with Crippen molar-refractivity contribution in [3.05, 3.63) is 35.9 Å². The first kappa shape index (κ1) is 15.0. The van der Waals surface area contributed by atoms with Crippen LogP contribution in [0.3, 0.4) is 0 Å². The lowest BCUT2D eigenvalue weighted by atomic mass is 9.92. The number of nitrogens with one attached hydrogen (secondary N) is 1. The van der Waals surface area contributed by atoms with Gasteiger partial charge in [0, 0.05) is 31.2 Å². The zero-order valence-electron chi connectivity index (χ0n) is 13.0. The van der Waals surface area contributed by atoms with Gasteiger partial charge in [-0.1, -0.05) is 43.2 Å². The molecule has 4 atom stereocenters. The summed E-state index contributed by atoms with van der Waals surface area (Å²) >= 11 is 0. The topological polar surface area (TPSA) is 35.5 Å². The van der Waals surface area contributed by atoms with Gasteiger partial charge in [0.15, 0.2) is 0 Å². The monoisotopic (exact) mass is 288 g/mol. The third kappa shape index (κ3) is 3.65. The average Bonchev–Trinajstić information content (AvgIpc) is 2.98.